The summed E-state index contributed by atoms with van der Waals surface area (Å²) in [6.07, 6.45) is 2.03. The number of imidazole rings is 1. The molecule has 0 bridgehead atoms. The summed E-state index contributed by atoms with van der Waals surface area (Å²) < 4.78 is 0. The molecular weight excluding hydrogens is 332 g/mol. The van der Waals surface area contributed by atoms with E-state index in [2.05, 4.69) is 16.9 Å². The first kappa shape index (κ1) is 18.1. The van der Waals surface area contributed by atoms with E-state index in [1.54, 1.807) is 11.8 Å². The maximum Gasteiger partial charge on any atom is 0.232 e. The summed E-state index contributed by atoms with van der Waals surface area (Å²) in [6.45, 7) is 3.61. The second-order valence-corrected chi connectivity index (χ2v) is 7.16. The maximum absolute atomic E-state index is 12.3. The largest absolute Gasteiger partial charge is 0.341 e. The number of likely N-dealkylation sites (tertiary alicyclic amines) is 1. The molecule has 3 rings (SSSR count). The Morgan fingerprint density at radius 3 is 3.04 bits per heavy atom. The van der Waals surface area contributed by atoms with Crippen LogP contribution in [0.3, 0.4) is 0 Å². The van der Waals surface area contributed by atoms with E-state index in [0.29, 0.717) is 12.3 Å². The third kappa shape index (κ3) is 4.40. The van der Waals surface area contributed by atoms with Crippen molar-refractivity contribution < 1.29 is 4.79 Å². The number of aromatic amines is 1. The first-order chi connectivity index (χ1) is 10.6. The lowest BCUT2D eigenvalue weighted by Gasteiger charge is -2.30. The predicted octanol–water partition coefficient (Wildman–Crippen LogP) is 2.73. The summed E-state index contributed by atoms with van der Waals surface area (Å²) in [7, 11) is 0. The van der Waals surface area contributed by atoms with Gasteiger partial charge >= 0.3 is 0 Å². The Morgan fingerprint density at radius 1 is 1.52 bits per heavy atom. The molecule has 1 fully saturated rings. The highest BCUT2D eigenvalue weighted by Gasteiger charge is 2.22. The average Bonchev–Trinajstić information content (AvgIpc) is 2.96. The number of H-pyrrole nitrogens is 1. The van der Waals surface area contributed by atoms with Crippen LogP contribution in [0, 0.1) is 0 Å². The second kappa shape index (κ2) is 8.04. The molecular formula is C16H23ClN4OS. The van der Waals surface area contributed by atoms with Gasteiger partial charge in [-0.05, 0) is 31.9 Å². The number of carbonyl (C=O) groups is 1. The number of benzene rings is 1. The lowest BCUT2D eigenvalue weighted by Crippen LogP contribution is -2.46. The minimum absolute atomic E-state index is 0. The highest BCUT2D eigenvalue weighted by atomic mass is 35.5. The van der Waals surface area contributed by atoms with E-state index in [9.17, 15) is 4.79 Å². The minimum atomic E-state index is 0. The number of fused-ring (bicyclic) bond motifs is 1. The molecule has 1 aromatic carbocycles. The highest BCUT2D eigenvalue weighted by Crippen LogP contribution is 2.28. The summed E-state index contributed by atoms with van der Waals surface area (Å²) >= 11 is 1.62. The van der Waals surface area contributed by atoms with Gasteiger partial charge < -0.3 is 15.6 Å². The van der Waals surface area contributed by atoms with E-state index >= 15 is 0 Å². The summed E-state index contributed by atoms with van der Waals surface area (Å²) in [5.41, 5.74) is 7.95. The van der Waals surface area contributed by atoms with E-state index in [4.69, 9.17) is 5.73 Å². The van der Waals surface area contributed by atoms with E-state index in [0.717, 1.165) is 36.2 Å². The SMILES string of the molecule is CC(SCC(=O)N1CCCC(N)C1)c1nc2ccccc2[nH]1.Cl. The minimum Gasteiger partial charge on any atom is -0.341 e. The molecule has 1 saturated heterocycles. The standard InChI is InChI=1S/C16H22N4OS.ClH/c1-11(16-18-13-6-2-3-7-14(13)19-16)22-10-15(21)20-8-4-5-12(17)9-20;/h2-3,6-7,11-12H,4-5,8-10,17H2,1H3,(H,18,19);1H. The smallest absolute Gasteiger partial charge is 0.232 e. The molecule has 1 aromatic heterocycles. The normalized spacial score (nSPS) is 19.4. The van der Waals surface area contributed by atoms with Gasteiger partial charge in [-0.15, -0.1) is 24.2 Å². The Kier molecular flexibility index (Phi) is 6.33. The topological polar surface area (TPSA) is 75.0 Å². The Bertz CT molecular complexity index is 629. The number of halogens is 1. The lowest BCUT2D eigenvalue weighted by atomic mass is 10.1. The van der Waals surface area contributed by atoms with Gasteiger partial charge in [0, 0.05) is 19.1 Å². The number of nitrogens with two attached hydrogens (primary N) is 1. The van der Waals surface area contributed by atoms with Crippen molar-refractivity contribution in [3.8, 4) is 0 Å². The number of nitrogens with one attached hydrogen (secondary N) is 1. The van der Waals surface area contributed by atoms with Crippen molar-refractivity contribution in [2.24, 2.45) is 5.73 Å². The average molecular weight is 355 g/mol. The number of carbonyl (C=O) groups excluding carboxylic acids is 1. The molecule has 1 amide bonds. The fraction of sp³-hybridized carbons (Fsp3) is 0.500. The molecule has 0 radical (unpaired) electrons. The van der Waals surface area contributed by atoms with Crippen molar-refractivity contribution in [1.29, 1.82) is 0 Å². The van der Waals surface area contributed by atoms with E-state index in [1.807, 2.05) is 29.2 Å². The van der Waals surface area contributed by atoms with Crippen molar-refractivity contribution >= 4 is 41.1 Å². The number of amides is 1. The first-order valence-electron chi connectivity index (χ1n) is 7.73. The summed E-state index contributed by atoms with van der Waals surface area (Å²) in [5, 5.41) is 0.162. The molecule has 5 nitrogen and oxygen atoms in total. The van der Waals surface area contributed by atoms with Gasteiger partial charge in [-0.2, -0.15) is 0 Å². The Morgan fingerprint density at radius 2 is 2.30 bits per heavy atom. The second-order valence-electron chi connectivity index (χ2n) is 5.83. The fourth-order valence-electron chi connectivity index (χ4n) is 2.77. The van der Waals surface area contributed by atoms with Crippen molar-refractivity contribution in [1.82, 2.24) is 14.9 Å². The number of piperidine rings is 1. The highest BCUT2D eigenvalue weighted by molar-refractivity contribution is 8.00. The summed E-state index contributed by atoms with van der Waals surface area (Å²) in [6, 6.07) is 8.12. The van der Waals surface area contributed by atoms with Crippen LogP contribution in [0.4, 0.5) is 0 Å². The third-order valence-electron chi connectivity index (χ3n) is 4.06. The van der Waals surface area contributed by atoms with Crippen LogP contribution in [-0.4, -0.2) is 45.7 Å². The van der Waals surface area contributed by atoms with Crippen molar-refractivity contribution in [2.75, 3.05) is 18.8 Å². The molecule has 126 valence electrons. The van der Waals surface area contributed by atoms with Crippen LogP contribution >= 0.6 is 24.2 Å². The monoisotopic (exact) mass is 354 g/mol. The predicted molar refractivity (Wildman–Crippen MR) is 98.0 cm³/mol. The molecule has 1 aliphatic rings. The zero-order chi connectivity index (χ0) is 15.5. The molecule has 2 heterocycles. The Labute approximate surface area is 146 Å². The number of hydrogen-bond donors (Lipinski definition) is 2. The van der Waals surface area contributed by atoms with Crippen LogP contribution in [0.15, 0.2) is 24.3 Å². The molecule has 1 aliphatic heterocycles. The molecule has 0 spiro atoms. The molecule has 2 aromatic rings. The van der Waals surface area contributed by atoms with Gasteiger partial charge in [0.2, 0.25) is 5.91 Å². The van der Waals surface area contributed by atoms with Crippen LogP contribution in [0.5, 0.6) is 0 Å². The van der Waals surface area contributed by atoms with Gasteiger partial charge in [0.25, 0.3) is 0 Å². The number of nitrogens with zero attached hydrogens (tertiary/aromatic N) is 2. The molecule has 23 heavy (non-hydrogen) atoms. The third-order valence-corrected chi connectivity index (χ3v) is 5.20. The van der Waals surface area contributed by atoms with Gasteiger partial charge in [-0.25, -0.2) is 4.98 Å². The van der Waals surface area contributed by atoms with Crippen molar-refractivity contribution in [2.45, 2.75) is 31.1 Å². The number of hydrogen-bond acceptors (Lipinski definition) is 4. The molecule has 0 saturated carbocycles. The van der Waals surface area contributed by atoms with Crippen molar-refractivity contribution in [3.63, 3.8) is 0 Å². The lowest BCUT2D eigenvalue weighted by molar-refractivity contribution is -0.129. The van der Waals surface area contributed by atoms with Crippen LogP contribution in [0.1, 0.15) is 30.8 Å². The molecule has 0 aliphatic carbocycles. The van der Waals surface area contributed by atoms with E-state index in [-0.39, 0.29) is 29.6 Å². The van der Waals surface area contributed by atoms with Gasteiger partial charge in [-0.1, -0.05) is 12.1 Å². The fourth-order valence-corrected chi connectivity index (χ4v) is 3.61. The van der Waals surface area contributed by atoms with Crippen LogP contribution in [0.25, 0.3) is 11.0 Å². The van der Waals surface area contributed by atoms with Crippen LogP contribution in [-0.2, 0) is 4.79 Å². The van der Waals surface area contributed by atoms with Gasteiger partial charge in [0.1, 0.15) is 5.82 Å². The van der Waals surface area contributed by atoms with E-state index in [1.165, 1.54) is 0 Å². The quantitative estimate of drug-likeness (QED) is 0.885. The molecule has 2 unspecified atom stereocenters. The van der Waals surface area contributed by atoms with E-state index < -0.39 is 0 Å². The van der Waals surface area contributed by atoms with Gasteiger partial charge in [-0.3, -0.25) is 4.79 Å². The zero-order valence-corrected chi connectivity index (χ0v) is 14.8. The Hall–Kier alpha value is -1.24. The van der Waals surface area contributed by atoms with Gasteiger partial charge in [0.05, 0.1) is 22.0 Å². The van der Waals surface area contributed by atoms with Gasteiger partial charge in [0.15, 0.2) is 0 Å². The number of aromatic nitrogens is 2. The number of thioether (sulfide) groups is 1. The first-order valence-corrected chi connectivity index (χ1v) is 8.78. The molecule has 2 atom stereocenters. The number of rotatable bonds is 4. The number of para-hydroxylation sites is 2. The van der Waals surface area contributed by atoms with Crippen LogP contribution in [0.2, 0.25) is 0 Å². The van der Waals surface area contributed by atoms with Crippen LogP contribution < -0.4 is 5.73 Å². The molecule has 3 N–H and O–H groups in total. The molecule has 7 heteroatoms. The Balaban J connectivity index is 0.00000192. The maximum atomic E-state index is 12.3. The summed E-state index contributed by atoms with van der Waals surface area (Å²) in [5.74, 6) is 1.59. The van der Waals surface area contributed by atoms with Crippen molar-refractivity contribution in [3.05, 3.63) is 30.1 Å². The summed E-state index contributed by atoms with van der Waals surface area (Å²) in [4.78, 5) is 22.1. The zero-order valence-electron chi connectivity index (χ0n) is 13.2.